The Morgan fingerprint density at radius 2 is 1.18 bits per heavy atom. The molecule has 49 heavy (non-hydrogen) atoms. The van der Waals surface area contributed by atoms with Crippen molar-refractivity contribution in [3.63, 3.8) is 0 Å². The highest BCUT2D eigenvalue weighted by Crippen LogP contribution is 2.33. The van der Waals surface area contributed by atoms with Gasteiger partial charge < -0.3 is 20.4 Å². The largest absolute Gasteiger partial charge is 0.504 e. The Kier molecular flexibility index (Phi) is 14.2. The van der Waals surface area contributed by atoms with Crippen LogP contribution in [0.1, 0.15) is 95.1 Å². The minimum absolute atomic E-state index is 0.0197. The fourth-order valence-corrected chi connectivity index (χ4v) is 9.73. The van der Waals surface area contributed by atoms with Gasteiger partial charge in [-0.15, -0.1) is 0 Å². The van der Waals surface area contributed by atoms with E-state index in [4.69, 9.17) is 0 Å². The number of aromatic hydroxyl groups is 4. The Balaban J connectivity index is 1.25. The first-order chi connectivity index (χ1) is 23.4. The van der Waals surface area contributed by atoms with Crippen LogP contribution in [0.25, 0.3) is 0 Å². The Labute approximate surface area is 292 Å². The molecular formula is C37H52N2O8S2. The summed E-state index contributed by atoms with van der Waals surface area (Å²) in [7, 11) is -7.60. The molecule has 4 N–H and O–H groups in total. The molecule has 3 aromatic carbocycles. The van der Waals surface area contributed by atoms with Crippen LogP contribution in [0.5, 0.6) is 23.0 Å². The standard InChI is InChI=1S/C37H52N2O8S2/c1-2-3-4-5-6-9-24-38(48(44,45)32-20-22-34(40)36(42)27-32)25-10-7-8-12-29-14-16-30(17-15-29)18-19-31-13-11-26-39(31)49(46,47)33-21-23-35(41)37(43)28-33/h14-17,20-23,27-28,31,40-43H,2-13,18-19,24-26H2,1H3. The SMILES string of the molecule is CCCCCCCCN(CCCCCc1ccc(CCC2CCCN2S(=O)(=O)c2ccc(O)c(O)c2)cc1)S(=O)(=O)c1ccc(O)c(O)c1. The number of aryl methyl sites for hydroxylation is 2. The van der Waals surface area contributed by atoms with Crippen molar-refractivity contribution < 1.29 is 37.3 Å². The highest BCUT2D eigenvalue weighted by atomic mass is 32.2. The third kappa shape index (κ3) is 10.6. The fourth-order valence-electron chi connectivity index (χ4n) is 6.45. The van der Waals surface area contributed by atoms with Crippen molar-refractivity contribution in [2.75, 3.05) is 19.6 Å². The van der Waals surface area contributed by atoms with Gasteiger partial charge in [0.05, 0.1) is 9.79 Å². The zero-order valence-corrected chi connectivity index (χ0v) is 30.1. The van der Waals surface area contributed by atoms with Crippen LogP contribution in [0, 0.1) is 0 Å². The summed E-state index contributed by atoms with van der Waals surface area (Å²) in [6, 6.07) is 15.5. The first-order valence-electron chi connectivity index (χ1n) is 17.6. The van der Waals surface area contributed by atoms with Crippen molar-refractivity contribution >= 4 is 20.0 Å². The average molecular weight is 717 g/mol. The van der Waals surface area contributed by atoms with Gasteiger partial charge in [0.2, 0.25) is 20.0 Å². The van der Waals surface area contributed by atoms with E-state index in [0.717, 1.165) is 88.3 Å². The molecular weight excluding hydrogens is 665 g/mol. The van der Waals surface area contributed by atoms with Crippen LogP contribution in [-0.4, -0.2) is 71.5 Å². The minimum atomic E-state index is -3.82. The summed E-state index contributed by atoms with van der Waals surface area (Å²) in [5.41, 5.74) is 2.32. The molecule has 4 rings (SSSR count). The molecule has 12 heteroatoms. The molecule has 270 valence electrons. The van der Waals surface area contributed by atoms with E-state index in [1.54, 1.807) is 0 Å². The summed E-state index contributed by atoms with van der Waals surface area (Å²) in [6.45, 7) is 3.40. The lowest BCUT2D eigenvalue weighted by molar-refractivity contribution is 0.369. The zero-order chi connectivity index (χ0) is 35.4. The van der Waals surface area contributed by atoms with E-state index in [-0.39, 0.29) is 27.3 Å². The average Bonchev–Trinajstić information content (AvgIpc) is 3.57. The summed E-state index contributed by atoms with van der Waals surface area (Å²) in [6.07, 6.45) is 12.6. The minimum Gasteiger partial charge on any atom is -0.504 e. The monoisotopic (exact) mass is 716 g/mol. The molecule has 0 aromatic heterocycles. The maximum absolute atomic E-state index is 13.5. The molecule has 1 unspecified atom stereocenters. The maximum Gasteiger partial charge on any atom is 0.243 e. The molecule has 1 heterocycles. The van der Waals surface area contributed by atoms with Crippen LogP contribution in [0.2, 0.25) is 0 Å². The van der Waals surface area contributed by atoms with Gasteiger partial charge in [0.25, 0.3) is 0 Å². The molecule has 10 nitrogen and oxygen atoms in total. The van der Waals surface area contributed by atoms with Gasteiger partial charge in [-0.2, -0.15) is 8.61 Å². The van der Waals surface area contributed by atoms with Crippen LogP contribution >= 0.6 is 0 Å². The van der Waals surface area contributed by atoms with Gasteiger partial charge in [0, 0.05) is 37.8 Å². The second-order valence-corrected chi connectivity index (χ2v) is 16.9. The lowest BCUT2D eigenvalue weighted by atomic mass is 10.0. The van der Waals surface area contributed by atoms with Crippen molar-refractivity contribution in [2.24, 2.45) is 0 Å². The predicted molar refractivity (Wildman–Crippen MR) is 191 cm³/mol. The molecule has 0 amide bonds. The molecule has 0 saturated carbocycles. The third-order valence-corrected chi connectivity index (χ3v) is 13.2. The Morgan fingerprint density at radius 3 is 1.80 bits per heavy atom. The molecule has 1 aliphatic heterocycles. The number of hydrogen-bond donors (Lipinski definition) is 4. The van der Waals surface area contributed by atoms with E-state index in [1.165, 1.54) is 44.9 Å². The quantitative estimate of drug-likeness (QED) is 0.0716. The van der Waals surface area contributed by atoms with E-state index < -0.39 is 31.5 Å². The van der Waals surface area contributed by atoms with Gasteiger partial charge >= 0.3 is 0 Å². The second kappa shape index (κ2) is 18.1. The number of nitrogens with zero attached hydrogens (tertiary/aromatic N) is 2. The number of benzene rings is 3. The molecule has 1 aliphatic rings. The Morgan fingerprint density at radius 1 is 0.653 bits per heavy atom. The maximum atomic E-state index is 13.5. The summed E-state index contributed by atoms with van der Waals surface area (Å²) >= 11 is 0. The van der Waals surface area contributed by atoms with Gasteiger partial charge in [0.1, 0.15) is 0 Å². The lowest BCUT2D eigenvalue weighted by Gasteiger charge is -2.24. The second-order valence-electron chi connectivity index (χ2n) is 13.1. The molecule has 1 fully saturated rings. The van der Waals surface area contributed by atoms with E-state index in [9.17, 15) is 37.3 Å². The molecule has 0 radical (unpaired) electrons. The van der Waals surface area contributed by atoms with E-state index >= 15 is 0 Å². The zero-order valence-electron chi connectivity index (χ0n) is 28.5. The van der Waals surface area contributed by atoms with Crippen molar-refractivity contribution in [3.05, 3.63) is 71.8 Å². The first kappa shape index (κ1) is 38.5. The van der Waals surface area contributed by atoms with Crippen LogP contribution < -0.4 is 0 Å². The fraction of sp³-hybridized carbons (Fsp3) is 0.514. The van der Waals surface area contributed by atoms with Crippen LogP contribution in [0.4, 0.5) is 0 Å². The highest BCUT2D eigenvalue weighted by Gasteiger charge is 2.35. The van der Waals surface area contributed by atoms with Gasteiger partial charge in [-0.1, -0.05) is 69.7 Å². The number of rotatable bonds is 20. The van der Waals surface area contributed by atoms with Crippen LogP contribution in [0.15, 0.2) is 70.5 Å². The van der Waals surface area contributed by atoms with Crippen LogP contribution in [-0.2, 0) is 32.9 Å². The summed E-state index contributed by atoms with van der Waals surface area (Å²) in [4.78, 5) is -0.0439. The van der Waals surface area contributed by atoms with Gasteiger partial charge in [-0.25, -0.2) is 16.8 Å². The van der Waals surface area contributed by atoms with Gasteiger partial charge in [0.15, 0.2) is 23.0 Å². The normalized spacial score (nSPS) is 15.7. The third-order valence-electron chi connectivity index (χ3n) is 9.38. The predicted octanol–water partition coefficient (Wildman–Crippen LogP) is 7.06. The van der Waals surface area contributed by atoms with E-state index in [2.05, 4.69) is 31.2 Å². The molecule has 0 bridgehead atoms. The highest BCUT2D eigenvalue weighted by molar-refractivity contribution is 7.89. The lowest BCUT2D eigenvalue weighted by Crippen LogP contribution is -2.35. The van der Waals surface area contributed by atoms with Gasteiger partial charge in [-0.05, 0) is 86.8 Å². The van der Waals surface area contributed by atoms with E-state index in [0.29, 0.717) is 32.5 Å². The Hall–Kier alpha value is -3.32. The number of phenolic OH excluding ortho intramolecular Hbond substituents is 4. The van der Waals surface area contributed by atoms with Crippen molar-refractivity contribution in [1.82, 2.24) is 8.61 Å². The smallest absolute Gasteiger partial charge is 0.243 e. The van der Waals surface area contributed by atoms with E-state index in [1.807, 2.05) is 0 Å². The topological polar surface area (TPSA) is 156 Å². The molecule has 1 saturated heterocycles. The molecule has 3 aromatic rings. The molecule has 0 spiro atoms. The van der Waals surface area contributed by atoms with Gasteiger partial charge in [-0.3, -0.25) is 0 Å². The van der Waals surface area contributed by atoms with Crippen molar-refractivity contribution in [2.45, 2.75) is 113 Å². The summed E-state index contributed by atoms with van der Waals surface area (Å²) in [5.74, 6) is -1.61. The first-order valence-corrected chi connectivity index (χ1v) is 20.4. The van der Waals surface area contributed by atoms with Crippen molar-refractivity contribution in [3.8, 4) is 23.0 Å². The van der Waals surface area contributed by atoms with Crippen LogP contribution in [0.3, 0.4) is 0 Å². The molecule has 0 aliphatic carbocycles. The number of hydrogen-bond acceptors (Lipinski definition) is 8. The summed E-state index contributed by atoms with van der Waals surface area (Å²) in [5, 5.41) is 39.0. The molecule has 1 atom stereocenters. The number of phenols is 4. The number of unbranched alkanes of at least 4 members (excludes halogenated alkanes) is 7. The Bertz CT molecular complexity index is 1710. The number of sulfonamides is 2. The van der Waals surface area contributed by atoms with Crippen molar-refractivity contribution in [1.29, 1.82) is 0 Å². The summed E-state index contributed by atoms with van der Waals surface area (Å²) < 4.78 is 56.5.